The van der Waals surface area contributed by atoms with Crippen LogP contribution in [0, 0.1) is 0 Å². The third-order valence-electron chi connectivity index (χ3n) is 5.84. The van der Waals surface area contributed by atoms with Crippen molar-refractivity contribution in [2.45, 2.75) is 50.5 Å². The Hall–Kier alpha value is -2.58. The smallest absolute Gasteiger partial charge is 0.185 e. The van der Waals surface area contributed by atoms with Crippen LogP contribution < -0.4 is 0 Å². The van der Waals surface area contributed by atoms with Crippen LogP contribution in [0.2, 0.25) is 0 Å². The first-order chi connectivity index (χ1) is 16.7. The van der Waals surface area contributed by atoms with Crippen molar-refractivity contribution in [1.82, 2.24) is 0 Å². The van der Waals surface area contributed by atoms with Crippen molar-refractivity contribution in [1.29, 1.82) is 0 Å². The van der Waals surface area contributed by atoms with Crippen LogP contribution in [-0.2, 0) is 43.5 Å². The van der Waals surface area contributed by atoms with Gasteiger partial charge in [0.1, 0.15) is 24.4 Å². The van der Waals surface area contributed by atoms with Gasteiger partial charge in [0.25, 0.3) is 0 Å². The van der Waals surface area contributed by atoms with Gasteiger partial charge < -0.3 is 28.8 Å². The molecule has 0 saturated carbocycles. The summed E-state index contributed by atoms with van der Waals surface area (Å²) in [6, 6.07) is 29.7. The van der Waals surface area contributed by atoms with Crippen molar-refractivity contribution in [3.05, 3.63) is 108 Å². The second-order valence-corrected chi connectivity index (χ2v) is 8.29. The molecule has 3 aromatic carbocycles. The van der Waals surface area contributed by atoms with Crippen LogP contribution in [0.4, 0.5) is 0 Å². The van der Waals surface area contributed by atoms with Crippen molar-refractivity contribution < 1.29 is 28.8 Å². The molecule has 0 amide bonds. The van der Waals surface area contributed by atoms with E-state index in [0.717, 1.165) is 16.7 Å². The summed E-state index contributed by atoms with van der Waals surface area (Å²) in [5.41, 5.74) is 3.06. The monoisotopic (exact) mass is 464 g/mol. The molecule has 0 aromatic heterocycles. The first-order valence-electron chi connectivity index (χ1n) is 11.5. The number of benzene rings is 3. The van der Waals surface area contributed by atoms with E-state index in [1.165, 1.54) is 7.11 Å². The lowest BCUT2D eigenvalue weighted by atomic mass is 10.0. The fourth-order valence-corrected chi connectivity index (χ4v) is 4.00. The molecule has 0 unspecified atom stereocenters. The molecule has 1 fully saturated rings. The Balaban J connectivity index is 1.55. The topological polar surface area (TPSA) is 66.4 Å². The van der Waals surface area contributed by atoms with E-state index < -0.39 is 30.7 Å². The van der Waals surface area contributed by atoms with Gasteiger partial charge >= 0.3 is 0 Å². The normalized spacial score (nSPS) is 25.1. The lowest BCUT2D eigenvalue weighted by Crippen LogP contribution is -2.50. The van der Waals surface area contributed by atoms with Crippen LogP contribution in [0.15, 0.2) is 91.0 Å². The summed E-state index contributed by atoms with van der Waals surface area (Å²) in [6.45, 7) is 1.26. The third-order valence-corrected chi connectivity index (χ3v) is 5.84. The summed E-state index contributed by atoms with van der Waals surface area (Å²) in [4.78, 5) is 0. The van der Waals surface area contributed by atoms with E-state index >= 15 is 0 Å². The van der Waals surface area contributed by atoms with Crippen LogP contribution in [0.5, 0.6) is 0 Å². The van der Waals surface area contributed by atoms with E-state index in [-0.39, 0.29) is 6.61 Å². The maximum Gasteiger partial charge on any atom is 0.185 e. The van der Waals surface area contributed by atoms with Crippen molar-refractivity contribution in [2.24, 2.45) is 0 Å². The molecule has 3 aromatic rings. The predicted molar refractivity (Wildman–Crippen MR) is 128 cm³/mol. The highest BCUT2D eigenvalue weighted by molar-refractivity contribution is 5.15. The Morgan fingerprint density at radius 1 is 0.676 bits per heavy atom. The average molecular weight is 465 g/mol. The average Bonchev–Trinajstić information content (AvgIpc) is 3.02. The first kappa shape index (κ1) is 24.5. The highest BCUT2D eigenvalue weighted by Crippen LogP contribution is 2.26. The molecule has 1 N–H and O–H groups in total. The lowest BCUT2D eigenvalue weighted by Gasteiger charge is -2.33. The zero-order chi connectivity index (χ0) is 23.6. The van der Waals surface area contributed by atoms with Gasteiger partial charge in [-0.1, -0.05) is 91.0 Å². The molecule has 34 heavy (non-hydrogen) atoms. The lowest BCUT2D eigenvalue weighted by molar-refractivity contribution is -0.209. The molecular weight excluding hydrogens is 432 g/mol. The quantitative estimate of drug-likeness (QED) is 0.487. The summed E-state index contributed by atoms with van der Waals surface area (Å²) in [6.07, 6.45) is -3.69. The number of rotatable bonds is 10. The van der Waals surface area contributed by atoms with Gasteiger partial charge in [0.15, 0.2) is 6.29 Å². The van der Waals surface area contributed by atoms with Crippen LogP contribution >= 0.6 is 0 Å². The SMILES string of the molecule is CO[C@@H]1OC[C@@H](OCc2ccccc2)[C@H](OCc2ccccc2)[C@@H](OCc2ccccc2)[C@@H]1O. The van der Waals surface area contributed by atoms with Crippen molar-refractivity contribution in [3.63, 3.8) is 0 Å². The maximum atomic E-state index is 11.1. The van der Waals surface area contributed by atoms with Gasteiger partial charge in [0.05, 0.1) is 26.4 Å². The molecule has 0 aliphatic carbocycles. The van der Waals surface area contributed by atoms with Gasteiger partial charge in [-0.3, -0.25) is 0 Å². The zero-order valence-corrected chi connectivity index (χ0v) is 19.4. The number of aliphatic hydroxyl groups is 1. The van der Waals surface area contributed by atoms with Crippen LogP contribution in [0.1, 0.15) is 16.7 Å². The van der Waals surface area contributed by atoms with Crippen LogP contribution in [-0.4, -0.2) is 49.5 Å². The minimum Gasteiger partial charge on any atom is -0.385 e. The van der Waals surface area contributed by atoms with E-state index in [0.29, 0.717) is 19.8 Å². The molecule has 4 rings (SSSR count). The molecular formula is C28H32O6. The van der Waals surface area contributed by atoms with Gasteiger partial charge in [0.2, 0.25) is 0 Å². The fraction of sp³-hybridized carbons (Fsp3) is 0.357. The number of hydrogen-bond donors (Lipinski definition) is 1. The molecule has 1 heterocycles. The molecule has 5 atom stereocenters. The molecule has 0 radical (unpaired) electrons. The van der Waals surface area contributed by atoms with Gasteiger partial charge in [-0.15, -0.1) is 0 Å². The van der Waals surface area contributed by atoms with E-state index in [1.807, 2.05) is 91.0 Å². The standard InChI is InChI=1S/C28H32O6/c1-30-28-25(29)27(33-19-23-15-9-4-10-16-23)26(32-18-22-13-7-3-8-14-22)24(20-34-28)31-17-21-11-5-2-6-12-21/h2-16,24-29H,17-20H2,1H3/t24-,25+,26+,27+,28-/m1/s1. The minimum absolute atomic E-state index is 0.201. The van der Waals surface area contributed by atoms with Gasteiger partial charge in [-0.25, -0.2) is 0 Å². The summed E-state index contributed by atoms with van der Waals surface area (Å²) in [5.74, 6) is 0. The fourth-order valence-electron chi connectivity index (χ4n) is 4.00. The Bertz CT molecular complexity index is 952. The van der Waals surface area contributed by atoms with Gasteiger partial charge in [-0.05, 0) is 16.7 Å². The summed E-state index contributed by atoms with van der Waals surface area (Å²) < 4.78 is 30.2. The third kappa shape index (κ3) is 6.73. The summed E-state index contributed by atoms with van der Waals surface area (Å²) in [7, 11) is 1.51. The molecule has 6 nitrogen and oxygen atoms in total. The Morgan fingerprint density at radius 2 is 1.12 bits per heavy atom. The summed E-state index contributed by atoms with van der Waals surface area (Å²) in [5, 5.41) is 11.1. The Kier molecular flexibility index (Phi) is 9.21. The first-order valence-corrected chi connectivity index (χ1v) is 11.5. The molecule has 6 heteroatoms. The van der Waals surface area contributed by atoms with E-state index in [1.54, 1.807) is 0 Å². The molecule has 1 aliphatic rings. The van der Waals surface area contributed by atoms with Crippen molar-refractivity contribution in [2.75, 3.05) is 13.7 Å². The Labute approximate surface area is 201 Å². The minimum atomic E-state index is -1.06. The zero-order valence-electron chi connectivity index (χ0n) is 19.4. The van der Waals surface area contributed by atoms with Gasteiger partial charge in [0, 0.05) is 7.11 Å². The number of methoxy groups -OCH3 is 1. The van der Waals surface area contributed by atoms with Gasteiger partial charge in [-0.2, -0.15) is 0 Å². The Morgan fingerprint density at radius 3 is 1.59 bits per heavy atom. The molecule has 1 aliphatic heterocycles. The van der Waals surface area contributed by atoms with E-state index in [4.69, 9.17) is 23.7 Å². The van der Waals surface area contributed by atoms with E-state index in [9.17, 15) is 5.11 Å². The predicted octanol–water partition coefficient (Wildman–Crippen LogP) is 4.11. The highest BCUT2D eigenvalue weighted by atomic mass is 16.7. The molecule has 0 bridgehead atoms. The van der Waals surface area contributed by atoms with Crippen LogP contribution in [0.3, 0.4) is 0 Å². The second kappa shape index (κ2) is 12.8. The number of aliphatic hydroxyl groups excluding tert-OH is 1. The van der Waals surface area contributed by atoms with Crippen LogP contribution in [0.25, 0.3) is 0 Å². The molecule has 180 valence electrons. The second-order valence-electron chi connectivity index (χ2n) is 8.29. The number of ether oxygens (including phenoxy) is 5. The van der Waals surface area contributed by atoms with Crippen molar-refractivity contribution >= 4 is 0 Å². The largest absolute Gasteiger partial charge is 0.385 e. The molecule has 0 spiro atoms. The van der Waals surface area contributed by atoms with Crippen molar-refractivity contribution in [3.8, 4) is 0 Å². The maximum absolute atomic E-state index is 11.1. The van der Waals surface area contributed by atoms with E-state index in [2.05, 4.69) is 0 Å². The highest BCUT2D eigenvalue weighted by Gasteiger charge is 2.44. The summed E-state index contributed by atoms with van der Waals surface area (Å²) >= 11 is 0. The number of hydrogen-bond acceptors (Lipinski definition) is 6. The molecule has 1 saturated heterocycles.